The molecular weight excluding hydrogens is 467 g/mol. The van der Waals surface area contributed by atoms with E-state index in [0.29, 0.717) is 12.4 Å². The van der Waals surface area contributed by atoms with Crippen molar-refractivity contribution in [3.8, 4) is 5.75 Å². The Hall–Kier alpha value is -3.02. The Kier molecular flexibility index (Phi) is 8.59. The Balaban J connectivity index is 1.61. The van der Waals surface area contributed by atoms with Crippen LogP contribution in [0.5, 0.6) is 5.75 Å². The van der Waals surface area contributed by atoms with Gasteiger partial charge >= 0.3 is 5.97 Å². The van der Waals surface area contributed by atoms with Crippen LogP contribution in [0.25, 0.3) is 0 Å². The number of amides is 1. The molecule has 0 radical (unpaired) electrons. The second kappa shape index (κ2) is 11.4. The second-order valence-electron chi connectivity index (χ2n) is 7.56. The van der Waals surface area contributed by atoms with E-state index in [1.807, 2.05) is 19.1 Å². The van der Waals surface area contributed by atoms with Crippen molar-refractivity contribution in [2.24, 2.45) is 0 Å². The van der Waals surface area contributed by atoms with Crippen LogP contribution in [0.1, 0.15) is 22.8 Å². The summed E-state index contributed by atoms with van der Waals surface area (Å²) in [6.07, 6.45) is 0. The lowest BCUT2D eigenvalue weighted by molar-refractivity contribution is -0.133. The summed E-state index contributed by atoms with van der Waals surface area (Å²) < 4.78 is 56.6. The molecule has 9 nitrogen and oxygen atoms in total. The highest BCUT2D eigenvalue weighted by atomic mass is 32.2. The van der Waals surface area contributed by atoms with Gasteiger partial charge in [0.2, 0.25) is 10.0 Å². The molecule has 34 heavy (non-hydrogen) atoms. The molecule has 0 atom stereocenters. The first kappa shape index (κ1) is 25.6. The zero-order valence-electron chi connectivity index (χ0n) is 19.0. The molecule has 1 aliphatic rings. The number of hydrogen-bond donors (Lipinski definition) is 0. The molecule has 184 valence electrons. The van der Waals surface area contributed by atoms with E-state index < -0.39 is 39.9 Å². The predicted molar refractivity (Wildman–Crippen MR) is 120 cm³/mol. The van der Waals surface area contributed by atoms with Gasteiger partial charge in [0.05, 0.1) is 30.3 Å². The maximum atomic E-state index is 14.3. The second-order valence-corrected chi connectivity index (χ2v) is 9.50. The molecule has 0 N–H and O–H groups in total. The van der Waals surface area contributed by atoms with Gasteiger partial charge in [-0.1, -0.05) is 12.1 Å². The van der Waals surface area contributed by atoms with Gasteiger partial charge in [0.15, 0.2) is 6.61 Å². The highest BCUT2D eigenvalue weighted by molar-refractivity contribution is 7.89. The molecule has 0 saturated carbocycles. The van der Waals surface area contributed by atoms with Crippen molar-refractivity contribution < 1.29 is 36.6 Å². The Labute approximate surface area is 198 Å². The van der Waals surface area contributed by atoms with Crippen molar-refractivity contribution in [3.05, 3.63) is 59.4 Å². The number of carbonyl (C=O) groups excluding carboxylic acids is 2. The van der Waals surface area contributed by atoms with Gasteiger partial charge in [0.1, 0.15) is 11.6 Å². The normalized spacial score (nSPS) is 14.4. The highest BCUT2D eigenvalue weighted by Crippen LogP contribution is 2.21. The number of nitrogens with zero attached hydrogens (tertiary/aromatic N) is 2. The molecule has 0 aliphatic carbocycles. The van der Waals surface area contributed by atoms with Crippen LogP contribution < -0.4 is 4.74 Å². The predicted octanol–water partition coefficient (Wildman–Crippen LogP) is 2.06. The molecular formula is C23H27FN2O7S. The van der Waals surface area contributed by atoms with Gasteiger partial charge in [0, 0.05) is 26.7 Å². The van der Waals surface area contributed by atoms with Crippen LogP contribution in [0.15, 0.2) is 47.4 Å². The van der Waals surface area contributed by atoms with Crippen LogP contribution in [-0.4, -0.2) is 76.1 Å². The van der Waals surface area contributed by atoms with E-state index in [4.69, 9.17) is 14.2 Å². The topological polar surface area (TPSA) is 102 Å². The number of hydrogen-bond acceptors (Lipinski definition) is 7. The van der Waals surface area contributed by atoms with Crippen LogP contribution in [-0.2, 0) is 30.8 Å². The number of rotatable bonds is 9. The number of benzene rings is 2. The molecule has 11 heteroatoms. The van der Waals surface area contributed by atoms with Gasteiger partial charge in [-0.2, -0.15) is 4.31 Å². The summed E-state index contributed by atoms with van der Waals surface area (Å²) >= 11 is 0. The molecule has 1 aliphatic heterocycles. The van der Waals surface area contributed by atoms with Gasteiger partial charge in [0.25, 0.3) is 5.91 Å². The van der Waals surface area contributed by atoms with E-state index in [1.165, 1.54) is 9.21 Å². The zero-order valence-corrected chi connectivity index (χ0v) is 19.8. The van der Waals surface area contributed by atoms with Gasteiger partial charge in [-0.05, 0) is 42.8 Å². The number of likely N-dealkylation sites (N-methyl/N-ethyl adjacent to an activating group) is 1. The molecule has 0 unspecified atom stereocenters. The van der Waals surface area contributed by atoms with E-state index in [1.54, 1.807) is 19.2 Å². The molecule has 0 spiro atoms. The summed E-state index contributed by atoms with van der Waals surface area (Å²) in [6, 6.07) is 10.1. The molecule has 2 aromatic carbocycles. The lowest BCUT2D eigenvalue weighted by Crippen LogP contribution is -2.40. The summed E-state index contributed by atoms with van der Waals surface area (Å²) in [6.45, 7) is 2.90. The summed E-state index contributed by atoms with van der Waals surface area (Å²) in [5, 5.41) is 0. The molecule has 0 aromatic heterocycles. The first-order chi connectivity index (χ1) is 16.2. The van der Waals surface area contributed by atoms with Gasteiger partial charge in [-0.25, -0.2) is 17.6 Å². The Morgan fingerprint density at radius 2 is 1.79 bits per heavy atom. The monoisotopic (exact) mass is 494 g/mol. The molecule has 2 aromatic rings. The average molecular weight is 495 g/mol. The quantitative estimate of drug-likeness (QED) is 0.492. The molecule has 1 fully saturated rings. The Morgan fingerprint density at radius 1 is 1.12 bits per heavy atom. The van der Waals surface area contributed by atoms with Crippen molar-refractivity contribution in [2.45, 2.75) is 18.4 Å². The average Bonchev–Trinajstić information content (AvgIpc) is 2.84. The SMILES string of the molecule is CCOc1ccc(CN(C)C(=O)COC(=O)c2cc(S(=O)(=O)N3CCOCC3)ccc2F)cc1. The van der Waals surface area contributed by atoms with Crippen molar-refractivity contribution in [2.75, 3.05) is 46.6 Å². The largest absolute Gasteiger partial charge is 0.494 e. The van der Waals surface area contributed by atoms with E-state index >= 15 is 0 Å². The van der Waals surface area contributed by atoms with E-state index in [-0.39, 0.29) is 37.7 Å². The molecule has 1 heterocycles. The molecule has 0 bridgehead atoms. The molecule has 1 amide bonds. The third kappa shape index (κ3) is 6.31. The maximum Gasteiger partial charge on any atom is 0.341 e. The van der Waals surface area contributed by atoms with Crippen LogP contribution in [0.3, 0.4) is 0 Å². The lowest BCUT2D eigenvalue weighted by atomic mass is 10.2. The zero-order chi connectivity index (χ0) is 24.7. The summed E-state index contributed by atoms with van der Waals surface area (Å²) in [5.41, 5.74) is 0.286. The fraction of sp³-hybridized carbons (Fsp3) is 0.391. The van der Waals surface area contributed by atoms with Crippen LogP contribution in [0.2, 0.25) is 0 Å². The van der Waals surface area contributed by atoms with Gasteiger partial charge < -0.3 is 19.1 Å². The Morgan fingerprint density at radius 3 is 2.44 bits per heavy atom. The number of ether oxygens (including phenoxy) is 3. The molecule has 1 saturated heterocycles. The number of esters is 1. The van der Waals surface area contributed by atoms with Gasteiger partial charge in [-0.15, -0.1) is 0 Å². The fourth-order valence-electron chi connectivity index (χ4n) is 3.29. The highest BCUT2D eigenvalue weighted by Gasteiger charge is 2.28. The Bertz CT molecular complexity index is 1120. The van der Waals surface area contributed by atoms with Crippen LogP contribution >= 0.6 is 0 Å². The smallest absolute Gasteiger partial charge is 0.341 e. The molecule has 3 rings (SSSR count). The van der Waals surface area contributed by atoms with Crippen molar-refractivity contribution in [1.29, 1.82) is 0 Å². The maximum absolute atomic E-state index is 14.3. The minimum atomic E-state index is -3.93. The first-order valence-electron chi connectivity index (χ1n) is 10.7. The standard InChI is InChI=1S/C23H27FN2O7S/c1-3-32-18-6-4-17(5-7-18)15-25(2)22(27)16-33-23(28)20-14-19(8-9-21(20)24)34(29,30)26-10-12-31-13-11-26/h4-9,14H,3,10-13,15-16H2,1-2H3. The van der Waals surface area contributed by atoms with E-state index in [2.05, 4.69) is 0 Å². The summed E-state index contributed by atoms with van der Waals surface area (Å²) in [4.78, 5) is 25.9. The van der Waals surface area contributed by atoms with Gasteiger partial charge in [-0.3, -0.25) is 4.79 Å². The third-order valence-electron chi connectivity index (χ3n) is 5.17. The van der Waals surface area contributed by atoms with Crippen molar-refractivity contribution in [3.63, 3.8) is 0 Å². The van der Waals surface area contributed by atoms with Crippen LogP contribution in [0, 0.1) is 5.82 Å². The summed E-state index contributed by atoms with van der Waals surface area (Å²) in [5.74, 6) is -1.85. The fourth-order valence-corrected chi connectivity index (χ4v) is 4.73. The van der Waals surface area contributed by atoms with Crippen LogP contribution in [0.4, 0.5) is 4.39 Å². The lowest BCUT2D eigenvalue weighted by Gasteiger charge is -2.26. The minimum Gasteiger partial charge on any atom is -0.494 e. The first-order valence-corrected chi connectivity index (χ1v) is 12.2. The number of sulfonamides is 1. The van der Waals surface area contributed by atoms with Crippen molar-refractivity contribution in [1.82, 2.24) is 9.21 Å². The third-order valence-corrected chi connectivity index (χ3v) is 7.07. The summed E-state index contributed by atoms with van der Waals surface area (Å²) in [7, 11) is -2.38. The van der Waals surface area contributed by atoms with Crippen molar-refractivity contribution >= 4 is 21.9 Å². The number of carbonyl (C=O) groups is 2. The minimum absolute atomic E-state index is 0.161. The number of morpholine rings is 1. The van der Waals surface area contributed by atoms with E-state index in [0.717, 1.165) is 23.8 Å². The number of halogens is 1. The van der Waals surface area contributed by atoms with E-state index in [9.17, 15) is 22.4 Å².